The third-order valence-corrected chi connectivity index (χ3v) is 6.47. The topological polar surface area (TPSA) is 24.8 Å². The largest absolute Gasteiger partial charge is 0.464 e. The van der Waals surface area contributed by atoms with Gasteiger partial charge >= 0.3 is 0 Å². The molecule has 3 aromatic carbocycles. The average Bonchev–Trinajstić information content (AvgIpc) is 3.14. The first-order chi connectivity index (χ1) is 14.0. The minimum absolute atomic E-state index is 0.0404. The zero-order valence-corrected chi connectivity index (χ0v) is 18.8. The number of fused-ring (bicyclic) bond motifs is 3. The smallest absolute Gasteiger partial charge is 0.215 e. The van der Waals surface area contributed by atoms with E-state index >= 15 is 0 Å². The molecule has 0 aromatic heterocycles. The van der Waals surface area contributed by atoms with Gasteiger partial charge in [-0.15, -0.1) is 0 Å². The van der Waals surface area contributed by atoms with Crippen LogP contribution in [0.3, 0.4) is 0 Å². The van der Waals surface area contributed by atoms with Crippen LogP contribution in [0.1, 0.15) is 35.4 Å². The lowest BCUT2D eigenvalue weighted by atomic mass is 9.96. The highest BCUT2D eigenvalue weighted by atomic mass is 79.9. The molecule has 2 aliphatic rings. The average molecular weight is 509 g/mol. The second-order valence-electron chi connectivity index (χ2n) is 6.97. The molecule has 0 saturated heterocycles. The van der Waals surface area contributed by atoms with Crippen LogP contribution in [0, 0.1) is 0 Å². The Balaban J connectivity index is 1.62. The SMILES string of the molecule is Clc1ccc(C2=NN3[C@@H](C2)c2cc(Br)ccc2O[C@H]3c2ccc(Cl)cc2Cl)cc1. The molecular weight excluding hydrogens is 495 g/mol. The number of benzene rings is 3. The van der Waals surface area contributed by atoms with Gasteiger partial charge in [-0.3, -0.25) is 0 Å². The predicted octanol–water partition coefficient (Wildman–Crippen LogP) is 7.65. The molecule has 146 valence electrons. The fourth-order valence-electron chi connectivity index (χ4n) is 3.78. The van der Waals surface area contributed by atoms with Crippen molar-refractivity contribution < 1.29 is 4.74 Å². The highest BCUT2D eigenvalue weighted by Crippen LogP contribution is 2.49. The van der Waals surface area contributed by atoms with Gasteiger partial charge in [0.1, 0.15) is 5.75 Å². The summed E-state index contributed by atoms with van der Waals surface area (Å²) in [5, 5.41) is 8.77. The number of rotatable bonds is 2. The zero-order valence-electron chi connectivity index (χ0n) is 14.9. The first kappa shape index (κ1) is 19.3. The van der Waals surface area contributed by atoms with Crippen molar-refractivity contribution in [2.24, 2.45) is 5.10 Å². The lowest BCUT2D eigenvalue weighted by molar-refractivity contribution is -0.0190. The lowest BCUT2D eigenvalue weighted by Crippen LogP contribution is -2.33. The Hall–Kier alpha value is -1.72. The summed E-state index contributed by atoms with van der Waals surface area (Å²) in [6.45, 7) is 0. The molecule has 2 heterocycles. The Bertz CT molecular complexity index is 1130. The monoisotopic (exact) mass is 506 g/mol. The van der Waals surface area contributed by atoms with Crippen molar-refractivity contribution in [3.8, 4) is 5.75 Å². The van der Waals surface area contributed by atoms with E-state index in [0.717, 1.165) is 39.0 Å². The van der Waals surface area contributed by atoms with Crippen LogP contribution in [0.15, 0.2) is 70.2 Å². The summed E-state index contributed by atoms with van der Waals surface area (Å²) >= 11 is 22.2. The molecule has 3 aromatic rings. The van der Waals surface area contributed by atoms with E-state index < -0.39 is 6.23 Å². The van der Waals surface area contributed by atoms with E-state index in [0.29, 0.717) is 15.1 Å². The van der Waals surface area contributed by atoms with Crippen molar-refractivity contribution in [2.45, 2.75) is 18.7 Å². The van der Waals surface area contributed by atoms with E-state index in [4.69, 9.17) is 44.6 Å². The normalized spacial score (nSPS) is 20.0. The van der Waals surface area contributed by atoms with Crippen molar-refractivity contribution in [3.05, 3.63) is 96.9 Å². The van der Waals surface area contributed by atoms with E-state index in [1.54, 1.807) is 6.07 Å². The summed E-state index contributed by atoms with van der Waals surface area (Å²) in [4.78, 5) is 0. The van der Waals surface area contributed by atoms with Crippen molar-refractivity contribution in [1.29, 1.82) is 0 Å². The third-order valence-electron chi connectivity index (χ3n) is 5.16. The predicted molar refractivity (Wildman–Crippen MR) is 121 cm³/mol. The Morgan fingerprint density at radius 3 is 2.41 bits per heavy atom. The zero-order chi connectivity index (χ0) is 20.1. The van der Waals surface area contributed by atoms with Crippen LogP contribution in [-0.2, 0) is 0 Å². The molecule has 0 radical (unpaired) electrons. The number of hydrogen-bond donors (Lipinski definition) is 0. The molecule has 0 fully saturated rings. The highest BCUT2D eigenvalue weighted by molar-refractivity contribution is 9.10. The molecule has 0 bridgehead atoms. The van der Waals surface area contributed by atoms with Gasteiger partial charge in [0.25, 0.3) is 0 Å². The van der Waals surface area contributed by atoms with Crippen LogP contribution in [0.4, 0.5) is 0 Å². The lowest BCUT2D eigenvalue weighted by Gasteiger charge is -2.38. The molecule has 7 heteroatoms. The van der Waals surface area contributed by atoms with Crippen molar-refractivity contribution in [1.82, 2.24) is 5.01 Å². The number of nitrogens with zero attached hydrogens (tertiary/aromatic N) is 2. The first-order valence-corrected chi connectivity index (χ1v) is 10.9. The van der Waals surface area contributed by atoms with Crippen LogP contribution in [0.2, 0.25) is 15.1 Å². The Labute approximate surface area is 192 Å². The Morgan fingerprint density at radius 2 is 1.66 bits per heavy atom. The van der Waals surface area contributed by atoms with E-state index in [1.165, 1.54) is 0 Å². The number of hydrogen-bond acceptors (Lipinski definition) is 3. The van der Waals surface area contributed by atoms with E-state index in [1.807, 2.05) is 53.5 Å². The molecule has 5 rings (SSSR count). The van der Waals surface area contributed by atoms with Gasteiger partial charge in [-0.2, -0.15) is 5.10 Å². The van der Waals surface area contributed by atoms with Crippen LogP contribution >= 0.6 is 50.7 Å². The van der Waals surface area contributed by atoms with Crippen molar-refractivity contribution >= 4 is 56.4 Å². The molecule has 0 amide bonds. The maximum absolute atomic E-state index is 6.51. The van der Waals surface area contributed by atoms with Gasteiger partial charge in [-0.05, 0) is 48.0 Å². The van der Waals surface area contributed by atoms with E-state index in [-0.39, 0.29) is 6.04 Å². The summed E-state index contributed by atoms with van der Waals surface area (Å²) < 4.78 is 7.36. The fourth-order valence-corrected chi connectivity index (χ4v) is 4.79. The fraction of sp³-hybridized carbons (Fsp3) is 0.136. The molecule has 0 unspecified atom stereocenters. The highest BCUT2D eigenvalue weighted by Gasteiger charge is 2.41. The van der Waals surface area contributed by atoms with Crippen LogP contribution in [-0.4, -0.2) is 10.7 Å². The molecule has 3 nitrogen and oxygen atoms in total. The van der Waals surface area contributed by atoms with Gasteiger partial charge in [0.05, 0.1) is 16.8 Å². The molecule has 0 N–H and O–H groups in total. The Morgan fingerprint density at radius 1 is 0.897 bits per heavy atom. The third kappa shape index (κ3) is 3.53. The maximum atomic E-state index is 6.51. The number of hydrazone groups is 1. The van der Waals surface area contributed by atoms with Gasteiger partial charge in [0.2, 0.25) is 6.23 Å². The molecule has 0 aliphatic carbocycles. The summed E-state index contributed by atoms with van der Waals surface area (Å²) in [7, 11) is 0. The van der Waals surface area contributed by atoms with Gasteiger partial charge in [-0.1, -0.05) is 68.9 Å². The van der Waals surface area contributed by atoms with Gasteiger partial charge in [0.15, 0.2) is 0 Å². The quantitative estimate of drug-likeness (QED) is 0.355. The first-order valence-electron chi connectivity index (χ1n) is 9.02. The van der Waals surface area contributed by atoms with Gasteiger partial charge < -0.3 is 4.74 Å². The summed E-state index contributed by atoms with van der Waals surface area (Å²) in [5.41, 5.74) is 3.95. The Kier molecular flexibility index (Phi) is 4.99. The van der Waals surface area contributed by atoms with Crippen LogP contribution in [0.5, 0.6) is 5.75 Å². The maximum Gasteiger partial charge on any atom is 0.215 e. The van der Waals surface area contributed by atoms with Gasteiger partial charge in [-0.25, -0.2) is 5.01 Å². The summed E-state index contributed by atoms with van der Waals surface area (Å²) in [6.07, 6.45) is 0.319. The molecule has 29 heavy (non-hydrogen) atoms. The minimum atomic E-state index is -0.441. The minimum Gasteiger partial charge on any atom is -0.464 e. The molecule has 2 aliphatic heterocycles. The molecule has 0 spiro atoms. The number of halogens is 4. The summed E-state index contributed by atoms with van der Waals surface area (Å²) in [6, 6.07) is 19.3. The summed E-state index contributed by atoms with van der Waals surface area (Å²) in [5.74, 6) is 0.832. The van der Waals surface area contributed by atoms with E-state index in [2.05, 4.69) is 22.0 Å². The molecule has 2 atom stereocenters. The van der Waals surface area contributed by atoms with Gasteiger partial charge in [0, 0.05) is 32.1 Å². The van der Waals surface area contributed by atoms with Crippen LogP contribution < -0.4 is 4.74 Å². The molecule has 0 saturated carbocycles. The second kappa shape index (κ2) is 7.51. The second-order valence-corrected chi connectivity index (χ2v) is 9.17. The van der Waals surface area contributed by atoms with E-state index in [9.17, 15) is 0 Å². The molecular formula is C22H14BrCl3N2O. The number of ether oxygens (including phenoxy) is 1. The van der Waals surface area contributed by atoms with Crippen LogP contribution in [0.25, 0.3) is 0 Å². The van der Waals surface area contributed by atoms with Crippen molar-refractivity contribution in [3.63, 3.8) is 0 Å². The van der Waals surface area contributed by atoms with Crippen molar-refractivity contribution in [2.75, 3.05) is 0 Å². The standard InChI is InChI=1S/C22H14BrCl3N2O/c23-13-3-8-21-17(9-13)20-11-19(12-1-4-14(24)5-2-12)27-28(20)22(29-21)16-7-6-15(25)10-18(16)26/h1-10,20,22H,11H2/t20-,22-/m0/s1.